The molecule has 1 aliphatic heterocycles. The summed E-state index contributed by atoms with van der Waals surface area (Å²) in [7, 11) is 0. The zero-order chi connectivity index (χ0) is 20.4. The van der Waals surface area contributed by atoms with Crippen molar-refractivity contribution in [2.75, 3.05) is 38.0 Å². The zero-order valence-corrected chi connectivity index (χ0v) is 16.3. The fourth-order valence-corrected chi connectivity index (χ4v) is 4.37. The molecule has 1 fully saturated rings. The van der Waals surface area contributed by atoms with E-state index in [0.717, 1.165) is 10.1 Å². The summed E-state index contributed by atoms with van der Waals surface area (Å²) in [6, 6.07) is 12.0. The first-order valence-corrected chi connectivity index (χ1v) is 10.1. The predicted octanol–water partition coefficient (Wildman–Crippen LogP) is 3.58. The van der Waals surface area contributed by atoms with Gasteiger partial charge >= 0.3 is 0 Å². The van der Waals surface area contributed by atoms with Gasteiger partial charge in [0.25, 0.3) is 5.91 Å². The van der Waals surface area contributed by atoms with Crippen molar-refractivity contribution < 1.29 is 18.4 Å². The summed E-state index contributed by atoms with van der Waals surface area (Å²) in [6.45, 7) is 2.34. The number of piperazine rings is 1. The normalized spacial score (nSPS) is 14.9. The minimum absolute atomic E-state index is 0.0736. The number of carbonyl (C=O) groups is 2. The number of nitrogens with zero attached hydrogens (tertiary/aromatic N) is 2. The second-order valence-corrected chi connectivity index (χ2v) is 8.00. The SMILES string of the molecule is O=C(CN1CCN(C(=O)c2cc3cc(F)ccc3s2)CC1)Nc1cccc(F)c1. The number of benzene rings is 2. The average Bonchev–Trinajstić information content (AvgIpc) is 3.11. The lowest BCUT2D eigenvalue weighted by Crippen LogP contribution is -2.50. The van der Waals surface area contributed by atoms with Crippen LogP contribution in [0, 0.1) is 11.6 Å². The van der Waals surface area contributed by atoms with Gasteiger partial charge in [-0.15, -0.1) is 11.3 Å². The molecule has 1 aromatic heterocycles. The second kappa shape index (κ2) is 8.26. The zero-order valence-electron chi connectivity index (χ0n) is 15.5. The van der Waals surface area contributed by atoms with Crippen LogP contribution in [0.2, 0.25) is 0 Å². The van der Waals surface area contributed by atoms with Crippen LogP contribution in [0.4, 0.5) is 14.5 Å². The van der Waals surface area contributed by atoms with Gasteiger partial charge in [-0.05, 0) is 47.9 Å². The van der Waals surface area contributed by atoms with E-state index in [1.54, 1.807) is 23.1 Å². The van der Waals surface area contributed by atoms with E-state index in [2.05, 4.69) is 5.32 Å². The molecule has 0 unspecified atom stereocenters. The van der Waals surface area contributed by atoms with Crippen molar-refractivity contribution in [3.05, 3.63) is 65.0 Å². The molecule has 0 atom stereocenters. The topological polar surface area (TPSA) is 52.7 Å². The van der Waals surface area contributed by atoms with Crippen molar-refractivity contribution >= 4 is 38.9 Å². The maximum absolute atomic E-state index is 13.4. The lowest BCUT2D eigenvalue weighted by atomic mass is 10.2. The van der Waals surface area contributed by atoms with Crippen LogP contribution in [0.15, 0.2) is 48.5 Å². The minimum Gasteiger partial charge on any atom is -0.335 e. The van der Waals surface area contributed by atoms with Crippen LogP contribution in [-0.2, 0) is 4.79 Å². The van der Waals surface area contributed by atoms with Crippen molar-refractivity contribution in [3.8, 4) is 0 Å². The van der Waals surface area contributed by atoms with Gasteiger partial charge in [0.05, 0.1) is 11.4 Å². The fraction of sp³-hybridized carbons (Fsp3) is 0.238. The third kappa shape index (κ3) is 4.60. The molecule has 3 aromatic rings. The Balaban J connectivity index is 1.31. The van der Waals surface area contributed by atoms with Gasteiger partial charge in [-0.3, -0.25) is 14.5 Å². The molecule has 1 N–H and O–H groups in total. The Hall–Kier alpha value is -2.84. The Morgan fingerprint density at radius 1 is 0.966 bits per heavy atom. The predicted molar refractivity (Wildman–Crippen MR) is 109 cm³/mol. The monoisotopic (exact) mass is 415 g/mol. The van der Waals surface area contributed by atoms with E-state index in [4.69, 9.17) is 0 Å². The van der Waals surface area contributed by atoms with E-state index in [1.807, 2.05) is 4.90 Å². The number of carbonyl (C=O) groups excluding carboxylic acids is 2. The molecule has 8 heteroatoms. The molecule has 2 heterocycles. The van der Waals surface area contributed by atoms with Crippen molar-refractivity contribution in [3.63, 3.8) is 0 Å². The number of amides is 2. The number of thiophene rings is 1. The Morgan fingerprint density at radius 3 is 2.48 bits per heavy atom. The molecule has 1 saturated heterocycles. The van der Waals surface area contributed by atoms with E-state index in [9.17, 15) is 18.4 Å². The van der Waals surface area contributed by atoms with Crippen LogP contribution < -0.4 is 5.32 Å². The van der Waals surface area contributed by atoms with E-state index < -0.39 is 5.82 Å². The lowest BCUT2D eigenvalue weighted by molar-refractivity contribution is -0.117. The highest BCUT2D eigenvalue weighted by Crippen LogP contribution is 2.27. The Morgan fingerprint density at radius 2 is 1.72 bits per heavy atom. The van der Waals surface area contributed by atoms with Crippen molar-refractivity contribution in [2.45, 2.75) is 0 Å². The third-order valence-electron chi connectivity index (χ3n) is 4.82. The highest BCUT2D eigenvalue weighted by atomic mass is 32.1. The molecule has 5 nitrogen and oxygen atoms in total. The van der Waals surface area contributed by atoms with Crippen LogP contribution >= 0.6 is 11.3 Å². The van der Waals surface area contributed by atoms with Crippen molar-refractivity contribution in [1.29, 1.82) is 0 Å². The summed E-state index contributed by atoms with van der Waals surface area (Å²) in [6.07, 6.45) is 0. The molecular weight excluding hydrogens is 396 g/mol. The maximum atomic E-state index is 13.4. The molecular formula is C21H19F2N3O2S. The van der Waals surface area contributed by atoms with Gasteiger partial charge in [-0.1, -0.05) is 6.07 Å². The van der Waals surface area contributed by atoms with E-state index in [0.29, 0.717) is 36.7 Å². The molecule has 0 aliphatic carbocycles. The summed E-state index contributed by atoms with van der Waals surface area (Å²) in [5.74, 6) is -1.02. The molecule has 29 heavy (non-hydrogen) atoms. The maximum Gasteiger partial charge on any atom is 0.264 e. The summed E-state index contributed by atoms with van der Waals surface area (Å²) in [4.78, 5) is 29.2. The van der Waals surface area contributed by atoms with Crippen LogP contribution in [0.25, 0.3) is 10.1 Å². The number of fused-ring (bicyclic) bond motifs is 1. The molecule has 2 amide bonds. The van der Waals surface area contributed by atoms with Crippen molar-refractivity contribution in [1.82, 2.24) is 9.80 Å². The van der Waals surface area contributed by atoms with Gasteiger partial charge in [0.1, 0.15) is 11.6 Å². The number of nitrogens with one attached hydrogen (secondary N) is 1. The highest BCUT2D eigenvalue weighted by molar-refractivity contribution is 7.20. The van der Waals surface area contributed by atoms with E-state index >= 15 is 0 Å². The van der Waals surface area contributed by atoms with Gasteiger partial charge in [-0.2, -0.15) is 0 Å². The number of anilines is 1. The molecule has 2 aromatic carbocycles. The standard InChI is InChI=1S/C21H19F2N3O2S/c22-15-2-1-3-17(12-15)24-20(27)13-25-6-8-26(9-7-25)21(28)19-11-14-10-16(23)4-5-18(14)29-19/h1-5,10-12H,6-9,13H2,(H,24,27). The Bertz CT molecular complexity index is 1060. The molecule has 4 rings (SSSR count). The molecule has 150 valence electrons. The first-order valence-electron chi connectivity index (χ1n) is 9.24. The molecule has 0 bridgehead atoms. The summed E-state index contributed by atoms with van der Waals surface area (Å²) in [5, 5.41) is 3.41. The quantitative estimate of drug-likeness (QED) is 0.709. The summed E-state index contributed by atoms with van der Waals surface area (Å²) in [5.41, 5.74) is 0.421. The Kier molecular flexibility index (Phi) is 5.55. The lowest BCUT2D eigenvalue weighted by Gasteiger charge is -2.34. The van der Waals surface area contributed by atoms with E-state index in [1.165, 1.54) is 41.7 Å². The Labute approximate surface area is 170 Å². The average molecular weight is 415 g/mol. The molecule has 0 radical (unpaired) electrons. The van der Waals surface area contributed by atoms with Crippen LogP contribution in [0.1, 0.15) is 9.67 Å². The van der Waals surface area contributed by atoms with Gasteiger partial charge < -0.3 is 10.2 Å². The first-order chi connectivity index (χ1) is 14.0. The fourth-order valence-electron chi connectivity index (χ4n) is 3.35. The summed E-state index contributed by atoms with van der Waals surface area (Å²) < 4.78 is 27.4. The molecule has 0 spiro atoms. The van der Waals surface area contributed by atoms with Crippen LogP contribution in [-0.4, -0.2) is 54.3 Å². The van der Waals surface area contributed by atoms with Crippen LogP contribution in [0.5, 0.6) is 0 Å². The van der Waals surface area contributed by atoms with Gasteiger partial charge in [0, 0.05) is 36.6 Å². The number of rotatable bonds is 4. The second-order valence-electron chi connectivity index (χ2n) is 6.92. The third-order valence-corrected chi connectivity index (χ3v) is 5.93. The largest absolute Gasteiger partial charge is 0.335 e. The number of halogens is 2. The highest BCUT2D eigenvalue weighted by Gasteiger charge is 2.24. The van der Waals surface area contributed by atoms with Gasteiger partial charge in [0.15, 0.2) is 0 Å². The number of hydrogen-bond acceptors (Lipinski definition) is 4. The van der Waals surface area contributed by atoms with Gasteiger partial charge in [0.2, 0.25) is 5.91 Å². The molecule has 0 saturated carbocycles. The smallest absolute Gasteiger partial charge is 0.264 e. The van der Waals surface area contributed by atoms with Crippen molar-refractivity contribution in [2.24, 2.45) is 0 Å². The first kappa shape index (κ1) is 19.5. The van der Waals surface area contributed by atoms with E-state index in [-0.39, 0.29) is 24.2 Å². The number of hydrogen-bond donors (Lipinski definition) is 1. The minimum atomic E-state index is -0.404. The molecule has 1 aliphatic rings. The summed E-state index contributed by atoms with van der Waals surface area (Å²) >= 11 is 1.36. The van der Waals surface area contributed by atoms with Gasteiger partial charge in [-0.25, -0.2) is 8.78 Å². The van der Waals surface area contributed by atoms with Crippen LogP contribution in [0.3, 0.4) is 0 Å².